The summed E-state index contributed by atoms with van der Waals surface area (Å²) in [6, 6.07) is 8.70. The minimum Gasteiger partial charge on any atom is -0.411 e. The molecule has 0 bridgehead atoms. The lowest BCUT2D eigenvalue weighted by Gasteiger charge is -1.97. The van der Waals surface area contributed by atoms with Crippen molar-refractivity contribution in [2.45, 2.75) is 13.3 Å². The molecule has 14 heavy (non-hydrogen) atoms. The molecule has 2 aromatic rings. The molecule has 71 valence electrons. The Morgan fingerprint density at radius 1 is 1.64 bits per heavy atom. The van der Waals surface area contributed by atoms with E-state index >= 15 is 0 Å². The van der Waals surface area contributed by atoms with Gasteiger partial charge in [-0.2, -0.15) is 0 Å². The highest BCUT2D eigenvalue weighted by Gasteiger charge is 2.07. The molecule has 0 saturated heterocycles. The lowest BCUT2D eigenvalue weighted by Crippen LogP contribution is -1.96. The van der Waals surface area contributed by atoms with Gasteiger partial charge in [-0.05, 0) is 24.6 Å². The molecule has 0 aliphatic carbocycles. The first-order valence-electron chi connectivity index (χ1n) is 4.55. The SMILES string of the molecule is CC/C(=N\O)c1c[nH]c2cc[c]cc12. The Kier molecular flexibility index (Phi) is 2.23. The smallest absolute Gasteiger partial charge is 0.0886 e. The van der Waals surface area contributed by atoms with Gasteiger partial charge >= 0.3 is 0 Å². The number of benzene rings is 1. The molecular formula is C11H11N2O. The molecule has 1 aromatic carbocycles. The van der Waals surface area contributed by atoms with E-state index in [9.17, 15) is 0 Å². The average Bonchev–Trinajstić information content (AvgIpc) is 2.65. The molecule has 3 heteroatoms. The van der Waals surface area contributed by atoms with Crippen LogP contribution in [0.25, 0.3) is 10.9 Å². The first-order chi connectivity index (χ1) is 6.86. The van der Waals surface area contributed by atoms with Gasteiger partial charge in [0.2, 0.25) is 0 Å². The van der Waals surface area contributed by atoms with Crippen molar-refractivity contribution in [3.63, 3.8) is 0 Å². The van der Waals surface area contributed by atoms with Gasteiger partial charge in [0.25, 0.3) is 0 Å². The van der Waals surface area contributed by atoms with E-state index in [1.165, 1.54) is 0 Å². The first-order valence-corrected chi connectivity index (χ1v) is 4.55. The van der Waals surface area contributed by atoms with Gasteiger partial charge in [0.1, 0.15) is 0 Å². The standard InChI is InChI=1S/C11H11N2O/c1-2-10(13-14)9-7-12-11-6-4-3-5-8(9)11/h4-7,12,14H,2H2,1H3/b13-10+. The molecule has 3 nitrogen and oxygen atoms in total. The summed E-state index contributed by atoms with van der Waals surface area (Å²) < 4.78 is 0. The van der Waals surface area contributed by atoms with Crippen LogP contribution >= 0.6 is 0 Å². The number of hydrogen-bond donors (Lipinski definition) is 2. The summed E-state index contributed by atoms with van der Waals surface area (Å²) in [7, 11) is 0. The van der Waals surface area contributed by atoms with E-state index in [2.05, 4.69) is 16.2 Å². The van der Waals surface area contributed by atoms with Gasteiger partial charge in [-0.25, -0.2) is 0 Å². The summed E-state index contributed by atoms with van der Waals surface area (Å²) in [5, 5.41) is 13.1. The zero-order valence-corrected chi connectivity index (χ0v) is 7.91. The molecule has 0 fully saturated rings. The van der Waals surface area contributed by atoms with Crippen LogP contribution in [0.2, 0.25) is 0 Å². The Morgan fingerprint density at radius 2 is 2.50 bits per heavy atom. The highest BCUT2D eigenvalue weighted by atomic mass is 16.4. The maximum atomic E-state index is 8.82. The Morgan fingerprint density at radius 3 is 3.21 bits per heavy atom. The maximum Gasteiger partial charge on any atom is 0.0886 e. The van der Waals surface area contributed by atoms with Crippen molar-refractivity contribution in [2.75, 3.05) is 0 Å². The molecule has 1 radical (unpaired) electrons. The lowest BCUT2D eigenvalue weighted by molar-refractivity contribution is 0.318. The van der Waals surface area contributed by atoms with E-state index in [4.69, 9.17) is 5.21 Å². The topological polar surface area (TPSA) is 48.4 Å². The van der Waals surface area contributed by atoms with Crippen LogP contribution in [0.5, 0.6) is 0 Å². The van der Waals surface area contributed by atoms with E-state index in [0.29, 0.717) is 12.1 Å². The molecule has 0 atom stereocenters. The van der Waals surface area contributed by atoms with Crippen molar-refractivity contribution in [1.29, 1.82) is 0 Å². The van der Waals surface area contributed by atoms with E-state index < -0.39 is 0 Å². The molecule has 1 aromatic heterocycles. The number of rotatable bonds is 2. The van der Waals surface area contributed by atoms with Gasteiger partial charge in [-0.1, -0.05) is 18.1 Å². The highest BCUT2D eigenvalue weighted by Crippen LogP contribution is 2.19. The van der Waals surface area contributed by atoms with Gasteiger partial charge in [0, 0.05) is 22.7 Å². The van der Waals surface area contributed by atoms with E-state index in [1.807, 2.05) is 31.3 Å². The van der Waals surface area contributed by atoms with E-state index in [1.54, 1.807) is 0 Å². The maximum absolute atomic E-state index is 8.82. The predicted molar refractivity (Wildman–Crippen MR) is 55.7 cm³/mol. The van der Waals surface area contributed by atoms with Crippen LogP contribution < -0.4 is 0 Å². The number of hydrogen-bond acceptors (Lipinski definition) is 2. The normalized spacial score (nSPS) is 12.2. The highest BCUT2D eigenvalue weighted by molar-refractivity contribution is 6.10. The third-order valence-corrected chi connectivity index (χ3v) is 2.29. The molecule has 1 heterocycles. The van der Waals surface area contributed by atoms with Crippen LogP contribution in [0.4, 0.5) is 0 Å². The third-order valence-electron chi connectivity index (χ3n) is 2.29. The Balaban J connectivity index is 2.63. The predicted octanol–water partition coefficient (Wildman–Crippen LogP) is 2.56. The number of nitrogens with zero attached hydrogens (tertiary/aromatic N) is 1. The number of aromatic amines is 1. The van der Waals surface area contributed by atoms with Crippen molar-refractivity contribution in [1.82, 2.24) is 4.98 Å². The number of aromatic nitrogens is 1. The van der Waals surface area contributed by atoms with E-state index in [0.717, 1.165) is 16.5 Å². The van der Waals surface area contributed by atoms with Gasteiger partial charge < -0.3 is 10.2 Å². The molecule has 0 aliphatic rings. The summed E-state index contributed by atoms with van der Waals surface area (Å²) in [5.41, 5.74) is 2.67. The van der Waals surface area contributed by atoms with Crippen LogP contribution in [-0.2, 0) is 0 Å². The Hall–Kier alpha value is -1.77. The van der Waals surface area contributed by atoms with Crippen LogP contribution in [0.15, 0.2) is 29.6 Å². The number of fused-ring (bicyclic) bond motifs is 1. The summed E-state index contributed by atoms with van der Waals surface area (Å²) >= 11 is 0. The van der Waals surface area contributed by atoms with Crippen molar-refractivity contribution < 1.29 is 5.21 Å². The quantitative estimate of drug-likeness (QED) is 0.423. The van der Waals surface area contributed by atoms with E-state index in [-0.39, 0.29) is 0 Å². The van der Waals surface area contributed by atoms with Crippen molar-refractivity contribution in [3.8, 4) is 0 Å². The van der Waals surface area contributed by atoms with Crippen LogP contribution in [0.3, 0.4) is 0 Å². The molecule has 0 aliphatic heterocycles. The van der Waals surface area contributed by atoms with Crippen LogP contribution in [0.1, 0.15) is 18.9 Å². The fourth-order valence-electron chi connectivity index (χ4n) is 1.56. The van der Waals surface area contributed by atoms with Crippen molar-refractivity contribution in [3.05, 3.63) is 36.0 Å². The fourth-order valence-corrected chi connectivity index (χ4v) is 1.56. The molecular weight excluding hydrogens is 176 g/mol. The summed E-state index contributed by atoms with van der Waals surface area (Å²) in [6.45, 7) is 1.96. The number of oxime groups is 1. The number of H-pyrrole nitrogens is 1. The first kappa shape index (κ1) is 8.81. The zero-order chi connectivity index (χ0) is 9.97. The lowest BCUT2D eigenvalue weighted by atomic mass is 10.1. The van der Waals surface area contributed by atoms with Gasteiger partial charge in [0.05, 0.1) is 5.71 Å². The van der Waals surface area contributed by atoms with Gasteiger partial charge in [-0.15, -0.1) is 0 Å². The third kappa shape index (κ3) is 1.27. The Bertz CT molecular complexity index is 471. The molecule has 2 rings (SSSR count). The van der Waals surface area contributed by atoms with Crippen LogP contribution in [-0.4, -0.2) is 15.9 Å². The van der Waals surface area contributed by atoms with Crippen molar-refractivity contribution >= 4 is 16.6 Å². The minimum atomic E-state index is 0.691. The summed E-state index contributed by atoms with van der Waals surface area (Å²) in [4.78, 5) is 3.13. The zero-order valence-electron chi connectivity index (χ0n) is 7.91. The molecule has 0 amide bonds. The molecule has 0 spiro atoms. The Labute approximate surface area is 82.1 Å². The van der Waals surface area contributed by atoms with Gasteiger partial charge in [0.15, 0.2) is 0 Å². The second kappa shape index (κ2) is 3.54. The second-order valence-corrected chi connectivity index (χ2v) is 3.07. The second-order valence-electron chi connectivity index (χ2n) is 3.07. The van der Waals surface area contributed by atoms with Crippen LogP contribution in [0, 0.1) is 6.07 Å². The summed E-state index contributed by atoms with van der Waals surface area (Å²) in [6.07, 6.45) is 2.56. The molecule has 2 N–H and O–H groups in total. The molecule has 0 unspecified atom stereocenters. The summed E-state index contributed by atoms with van der Waals surface area (Å²) in [5.74, 6) is 0. The van der Waals surface area contributed by atoms with Crippen molar-refractivity contribution in [2.24, 2.45) is 5.16 Å². The minimum absolute atomic E-state index is 0.691. The molecule has 0 saturated carbocycles. The fraction of sp³-hybridized carbons (Fsp3) is 0.182. The monoisotopic (exact) mass is 187 g/mol. The van der Waals surface area contributed by atoms with Gasteiger partial charge in [-0.3, -0.25) is 0 Å². The largest absolute Gasteiger partial charge is 0.411 e. The average molecular weight is 187 g/mol. The number of nitrogens with one attached hydrogen (secondary N) is 1.